The fourth-order valence-electron chi connectivity index (χ4n) is 1.68. The lowest BCUT2D eigenvalue weighted by Gasteiger charge is -2.15. The molecular weight excluding hydrogens is 218 g/mol. The molecule has 0 aliphatic heterocycles. The van der Waals surface area contributed by atoms with Crippen LogP contribution in [0.15, 0.2) is 6.20 Å². The van der Waals surface area contributed by atoms with E-state index in [0.29, 0.717) is 5.92 Å². The molecule has 0 amide bonds. The Morgan fingerprint density at radius 2 is 2.06 bits per heavy atom. The number of aromatic nitrogens is 3. The van der Waals surface area contributed by atoms with E-state index in [1.807, 2.05) is 10.7 Å². The predicted octanol–water partition coefficient (Wildman–Crippen LogP) is 3.29. The Bertz CT molecular complexity index is 488. The summed E-state index contributed by atoms with van der Waals surface area (Å²) in [6, 6.07) is 0. The molecule has 0 aliphatic rings. The highest BCUT2D eigenvalue weighted by molar-refractivity contribution is 7.16. The van der Waals surface area contributed by atoms with Gasteiger partial charge in [0.15, 0.2) is 0 Å². The summed E-state index contributed by atoms with van der Waals surface area (Å²) in [6.07, 6.45) is 2.98. The molecule has 2 aromatic heterocycles. The summed E-state index contributed by atoms with van der Waals surface area (Å²) >= 11 is 1.70. The minimum absolute atomic E-state index is 0.0998. The number of imidazole rings is 1. The molecule has 0 aliphatic carbocycles. The van der Waals surface area contributed by atoms with E-state index < -0.39 is 0 Å². The van der Waals surface area contributed by atoms with Crippen LogP contribution in [-0.2, 0) is 11.8 Å². The fourth-order valence-corrected chi connectivity index (χ4v) is 2.76. The molecule has 4 heteroatoms. The van der Waals surface area contributed by atoms with Gasteiger partial charge in [0, 0.05) is 11.8 Å². The molecule has 0 fully saturated rings. The van der Waals surface area contributed by atoms with Crippen molar-refractivity contribution >= 4 is 16.3 Å². The molecule has 0 aromatic carbocycles. The molecule has 3 nitrogen and oxygen atoms in total. The third-order valence-electron chi connectivity index (χ3n) is 2.48. The van der Waals surface area contributed by atoms with Gasteiger partial charge < -0.3 is 0 Å². The van der Waals surface area contributed by atoms with Gasteiger partial charge in [-0.1, -0.05) is 46.0 Å². The van der Waals surface area contributed by atoms with Gasteiger partial charge in [0.1, 0.15) is 5.01 Å². The topological polar surface area (TPSA) is 30.2 Å². The summed E-state index contributed by atoms with van der Waals surface area (Å²) in [5, 5.41) is 5.84. The van der Waals surface area contributed by atoms with E-state index in [0.717, 1.165) is 11.4 Å². The highest BCUT2D eigenvalue weighted by Gasteiger charge is 2.21. The van der Waals surface area contributed by atoms with Gasteiger partial charge in [0.25, 0.3) is 0 Å². The van der Waals surface area contributed by atoms with Crippen molar-refractivity contribution in [1.82, 2.24) is 14.6 Å². The summed E-state index contributed by atoms with van der Waals surface area (Å²) in [4.78, 5) is 5.45. The van der Waals surface area contributed by atoms with Crippen LogP contribution >= 0.6 is 11.3 Å². The average Bonchev–Trinajstić information content (AvgIpc) is 2.57. The first-order chi connectivity index (χ1) is 7.38. The molecule has 88 valence electrons. The second-order valence-corrected chi connectivity index (χ2v) is 6.72. The second-order valence-electron chi connectivity index (χ2n) is 5.68. The molecule has 16 heavy (non-hydrogen) atoms. The third kappa shape index (κ3) is 2.12. The summed E-state index contributed by atoms with van der Waals surface area (Å²) in [5.41, 5.74) is 1.29. The number of fused-ring (bicyclic) bond motifs is 1. The summed E-state index contributed by atoms with van der Waals surface area (Å²) < 4.78 is 2.00. The van der Waals surface area contributed by atoms with Crippen molar-refractivity contribution < 1.29 is 0 Å². The first-order valence-electron chi connectivity index (χ1n) is 5.72. The van der Waals surface area contributed by atoms with Crippen LogP contribution in [0.1, 0.15) is 45.3 Å². The van der Waals surface area contributed by atoms with Crippen LogP contribution in [0.2, 0.25) is 0 Å². The minimum Gasteiger partial charge on any atom is -0.226 e. The fraction of sp³-hybridized carbons (Fsp3) is 0.667. The zero-order chi connectivity index (χ0) is 11.9. The van der Waals surface area contributed by atoms with Crippen molar-refractivity contribution in [3.05, 3.63) is 16.9 Å². The van der Waals surface area contributed by atoms with Gasteiger partial charge in [-0.2, -0.15) is 5.10 Å². The van der Waals surface area contributed by atoms with Crippen molar-refractivity contribution in [2.75, 3.05) is 0 Å². The third-order valence-corrected chi connectivity index (χ3v) is 3.42. The normalized spacial score (nSPS) is 12.9. The Balaban J connectivity index is 2.44. The van der Waals surface area contributed by atoms with Gasteiger partial charge in [-0.05, 0) is 5.92 Å². The highest BCUT2D eigenvalue weighted by Crippen LogP contribution is 2.26. The van der Waals surface area contributed by atoms with E-state index >= 15 is 0 Å². The minimum atomic E-state index is 0.0998. The molecule has 2 aromatic rings. The first kappa shape index (κ1) is 11.6. The maximum absolute atomic E-state index is 4.65. The Labute approximate surface area is 101 Å². The van der Waals surface area contributed by atoms with E-state index in [2.05, 4.69) is 44.7 Å². The number of nitrogens with zero attached hydrogens (tertiary/aromatic N) is 3. The van der Waals surface area contributed by atoms with Crippen LogP contribution in [0.25, 0.3) is 4.96 Å². The Hall–Kier alpha value is -0.900. The molecule has 0 unspecified atom stereocenters. The van der Waals surface area contributed by atoms with Crippen molar-refractivity contribution in [3.8, 4) is 0 Å². The molecule has 0 N–H and O–H groups in total. The maximum atomic E-state index is 4.65. The van der Waals surface area contributed by atoms with Crippen LogP contribution in [0.5, 0.6) is 0 Å². The van der Waals surface area contributed by atoms with Crippen molar-refractivity contribution in [3.63, 3.8) is 0 Å². The maximum Gasteiger partial charge on any atom is 0.212 e. The number of rotatable bonds is 2. The molecular formula is C12H19N3S. The Morgan fingerprint density at radius 3 is 2.62 bits per heavy atom. The van der Waals surface area contributed by atoms with Crippen LogP contribution in [0, 0.1) is 5.92 Å². The molecule has 0 saturated heterocycles. The van der Waals surface area contributed by atoms with Crippen LogP contribution in [0.3, 0.4) is 0 Å². The lowest BCUT2D eigenvalue weighted by molar-refractivity contribution is 0.548. The summed E-state index contributed by atoms with van der Waals surface area (Å²) in [6.45, 7) is 11.0. The molecule has 2 heterocycles. The largest absolute Gasteiger partial charge is 0.226 e. The SMILES string of the molecule is CC(C)Cc1nn2c(C(C)(C)C)cnc2s1. The van der Waals surface area contributed by atoms with Gasteiger partial charge in [0.05, 0.1) is 11.9 Å². The monoisotopic (exact) mass is 237 g/mol. The van der Waals surface area contributed by atoms with Gasteiger partial charge in [0.2, 0.25) is 4.96 Å². The number of hydrogen-bond acceptors (Lipinski definition) is 3. The standard InChI is InChI=1S/C12H19N3S/c1-8(2)6-10-14-15-9(12(3,4)5)7-13-11(15)16-10/h7-8H,6H2,1-5H3. The lowest BCUT2D eigenvalue weighted by Crippen LogP contribution is -2.14. The second kappa shape index (κ2) is 3.84. The van der Waals surface area contributed by atoms with E-state index in [1.165, 1.54) is 10.7 Å². The van der Waals surface area contributed by atoms with Crippen LogP contribution in [-0.4, -0.2) is 14.6 Å². The average molecular weight is 237 g/mol. The van der Waals surface area contributed by atoms with Gasteiger partial charge in [-0.15, -0.1) is 0 Å². The van der Waals surface area contributed by atoms with E-state index in [4.69, 9.17) is 0 Å². The molecule has 0 atom stereocenters. The summed E-state index contributed by atoms with van der Waals surface area (Å²) in [7, 11) is 0. The molecule has 2 rings (SSSR count). The molecule has 0 bridgehead atoms. The van der Waals surface area contributed by atoms with Crippen molar-refractivity contribution in [2.24, 2.45) is 5.92 Å². The summed E-state index contributed by atoms with van der Waals surface area (Å²) in [5.74, 6) is 0.647. The first-order valence-corrected chi connectivity index (χ1v) is 6.53. The Morgan fingerprint density at radius 1 is 1.38 bits per heavy atom. The van der Waals surface area contributed by atoms with Gasteiger partial charge in [-0.25, -0.2) is 9.50 Å². The molecule has 0 saturated carbocycles. The molecule has 0 spiro atoms. The van der Waals surface area contributed by atoms with Crippen molar-refractivity contribution in [2.45, 2.75) is 46.5 Å². The van der Waals surface area contributed by atoms with Crippen LogP contribution < -0.4 is 0 Å². The zero-order valence-electron chi connectivity index (χ0n) is 10.6. The number of hydrogen-bond donors (Lipinski definition) is 0. The van der Waals surface area contributed by atoms with E-state index in [-0.39, 0.29) is 5.41 Å². The van der Waals surface area contributed by atoms with Gasteiger partial charge in [-0.3, -0.25) is 0 Å². The quantitative estimate of drug-likeness (QED) is 0.802. The van der Waals surface area contributed by atoms with E-state index in [1.54, 1.807) is 11.3 Å². The Kier molecular flexibility index (Phi) is 2.78. The lowest BCUT2D eigenvalue weighted by atomic mass is 9.93. The zero-order valence-corrected chi connectivity index (χ0v) is 11.4. The highest BCUT2D eigenvalue weighted by atomic mass is 32.1. The van der Waals surface area contributed by atoms with Crippen molar-refractivity contribution in [1.29, 1.82) is 0 Å². The van der Waals surface area contributed by atoms with Gasteiger partial charge >= 0.3 is 0 Å². The molecule has 0 radical (unpaired) electrons. The predicted molar refractivity (Wildman–Crippen MR) is 68.1 cm³/mol. The smallest absolute Gasteiger partial charge is 0.212 e. The van der Waals surface area contributed by atoms with E-state index in [9.17, 15) is 0 Å². The van der Waals surface area contributed by atoms with Crippen LogP contribution in [0.4, 0.5) is 0 Å².